The van der Waals surface area contributed by atoms with E-state index >= 15 is 0 Å². The molecule has 0 aromatic carbocycles. The molecule has 4 rings (SSSR count). The minimum Gasteiger partial charge on any atom is -0.323 e. The van der Waals surface area contributed by atoms with E-state index in [1.807, 2.05) is 37.5 Å². The Kier molecular flexibility index (Phi) is 3.08. The number of nitrogens with zero attached hydrogens (tertiary/aromatic N) is 4. The zero-order valence-corrected chi connectivity index (χ0v) is 12.7. The summed E-state index contributed by atoms with van der Waals surface area (Å²) in [5.74, 6) is 1.58. The summed E-state index contributed by atoms with van der Waals surface area (Å²) in [5, 5.41) is 9.69. The van der Waals surface area contributed by atoms with Gasteiger partial charge in [-0.2, -0.15) is 5.10 Å². The SMILES string of the molecule is Cn1ccc(Nc2ccc3scc(-c4ccncc4)c3n2)n1. The summed E-state index contributed by atoms with van der Waals surface area (Å²) in [5.41, 5.74) is 3.26. The molecule has 6 heteroatoms. The lowest BCUT2D eigenvalue weighted by Crippen LogP contribution is -1.95. The van der Waals surface area contributed by atoms with Crippen LogP contribution in [-0.4, -0.2) is 19.7 Å². The second-order valence-corrected chi connectivity index (χ2v) is 5.84. The monoisotopic (exact) mass is 307 g/mol. The van der Waals surface area contributed by atoms with Gasteiger partial charge >= 0.3 is 0 Å². The van der Waals surface area contributed by atoms with Crippen LogP contribution in [0.4, 0.5) is 11.6 Å². The van der Waals surface area contributed by atoms with Crippen molar-refractivity contribution in [2.75, 3.05) is 5.32 Å². The molecule has 0 amide bonds. The quantitative estimate of drug-likeness (QED) is 0.625. The third-order valence-electron chi connectivity index (χ3n) is 3.38. The highest BCUT2D eigenvalue weighted by molar-refractivity contribution is 7.17. The number of hydrogen-bond donors (Lipinski definition) is 1. The van der Waals surface area contributed by atoms with Crippen molar-refractivity contribution in [3.8, 4) is 11.1 Å². The maximum Gasteiger partial charge on any atom is 0.153 e. The molecule has 0 saturated carbocycles. The third-order valence-corrected chi connectivity index (χ3v) is 4.32. The van der Waals surface area contributed by atoms with E-state index in [4.69, 9.17) is 4.98 Å². The molecule has 0 spiro atoms. The molecular weight excluding hydrogens is 294 g/mol. The number of anilines is 2. The van der Waals surface area contributed by atoms with Crippen LogP contribution in [-0.2, 0) is 7.05 Å². The summed E-state index contributed by atoms with van der Waals surface area (Å²) in [7, 11) is 1.89. The van der Waals surface area contributed by atoms with Gasteiger partial charge in [0.2, 0.25) is 0 Å². The first kappa shape index (κ1) is 13.0. The molecule has 4 aromatic rings. The first-order valence-electron chi connectivity index (χ1n) is 6.85. The van der Waals surface area contributed by atoms with Crippen LogP contribution >= 0.6 is 11.3 Å². The molecule has 0 aliphatic heterocycles. The fraction of sp³-hybridized carbons (Fsp3) is 0.0625. The first-order chi connectivity index (χ1) is 10.8. The standard InChI is InChI=1S/C16H13N5S/c1-21-9-6-15(20-21)18-14-3-2-13-16(19-14)12(10-22-13)11-4-7-17-8-5-11/h2-10H,1H3,(H,18,19,20). The van der Waals surface area contributed by atoms with Crippen molar-refractivity contribution in [2.45, 2.75) is 0 Å². The normalized spacial score (nSPS) is 11.0. The van der Waals surface area contributed by atoms with Crippen LogP contribution in [0.2, 0.25) is 0 Å². The number of thiophene rings is 1. The molecule has 4 heterocycles. The van der Waals surface area contributed by atoms with Crippen molar-refractivity contribution >= 4 is 33.2 Å². The van der Waals surface area contributed by atoms with Crippen molar-refractivity contribution in [3.63, 3.8) is 0 Å². The smallest absolute Gasteiger partial charge is 0.153 e. The lowest BCUT2D eigenvalue weighted by Gasteiger charge is -2.03. The Labute approximate surface area is 131 Å². The Morgan fingerprint density at radius 2 is 1.91 bits per heavy atom. The highest BCUT2D eigenvalue weighted by Gasteiger charge is 2.09. The van der Waals surface area contributed by atoms with Crippen molar-refractivity contribution in [1.29, 1.82) is 0 Å². The fourth-order valence-electron chi connectivity index (χ4n) is 2.33. The van der Waals surface area contributed by atoms with Crippen LogP contribution in [0.1, 0.15) is 0 Å². The van der Waals surface area contributed by atoms with E-state index in [1.165, 1.54) is 4.70 Å². The maximum absolute atomic E-state index is 4.75. The van der Waals surface area contributed by atoms with Crippen LogP contribution < -0.4 is 5.32 Å². The van der Waals surface area contributed by atoms with Gasteiger partial charge in [0.05, 0.1) is 10.2 Å². The number of hydrogen-bond acceptors (Lipinski definition) is 5. The van der Waals surface area contributed by atoms with E-state index in [9.17, 15) is 0 Å². The van der Waals surface area contributed by atoms with E-state index in [0.717, 1.165) is 28.3 Å². The third kappa shape index (κ3) is 2.33. The summed E-state index contributed by atoms with van der Waals surface area (Å²) < 4.78 is 2.92. The van der Waals surface area contributed by atoms with Gasteiger partial charge in [-0.15, -0.1) is 11.3 Å². The van der Waals surface area contributed by atoms with Crippen molar-refractivity contribution in [3.05, 3.63) is 54.3 Å². The number of aryl methyl sites for hydroxylation is 1. The summed E-state index contributed by atoms with van der Waals surface area (Å²) in [4.78, 5) is 8.82. The Hall–Kier alpha value is -2.73. The molecule has 22 heavy (non-hydrogen) atoms. The zero-order chi connectivity index (χ0) is 14.9. The number of aromatic nitrogens is 4. The van der Waals surface area contributed by atoms with Gasteiger partial charge in [0.15, 0.2) is 5.82 Å². The van der Waals surface area contributed by atoms with Gasteiger partial charge in [-0.05, 0) is 29.8 Å². The Balaban J connectivity index is 1.76. The predicted molar refractivity (Wildman–Crippen MR) is 89.3 cm³/mol. The summed E-state index contributed by atoms with van der Waals surface area (Å²) >= 11 is 1.70. The van der Waals surface area contributed by atoms with Gasteiger partial charge in [-0.1, -0.05) is 0 Å². The highest BCUT2D eigenvalue weighted by Crippen LogP contribution is 2.33. The van der Waals surface area contributed by atoms with Gasteiger partial charge in [0.25, 0.3) is 0 Å². The molecule has 0 bridgehead atoms. The number of rotatable bonds is 3. The first-order valence-corrected chi connectivity index (χ1v) is 7.73. The van der Waals surface area contributed by atoms with Crippen molar-refractivity contribution < 1.29 is 0 Å². The molecule has 108 valence electrons. The average Bonchev–Trinajstić information content (AvgIpc) is 3.14. The molecule has 5 nitrogen and oxygen atoms in total. The topological polar surface area (TPSA) is 55.6 Å². The van der Waals surface area contributed by atoms with Gasteiger partial charge < -0.3 is 5.32 Å². The van der Waals surface area contributed by atoms with Gasteiger partial charge in [0, 0.05) is 42.6 Å². The van der Waals surface area contributed by atoms with Crippen LogP contribution in [0.25, 0.3) is 21.3 Å². The van der Waals surface area contributed by atoms with E-state index < -0.39 is 0 Å². The molecule has 0 atom stereocenters. The number of pyridine rings is 2. The van der Waals surface area contributed by atoms with Crippen LogP contribution in [0.3, 0.4) is 0 Å². The van der Waals surface area contributed by atoms with E-state index in [0.29, 0.717) is 0 Å². The Bertz CT molecular complexity index is 926. The molecule has 4 aromatic heterocycles. The largest absolute Gasteiger partial charge is 0.323 e. The van der Waals surface area contributed by atoms with Gasteiger partial charge in [-0.3, -0.25) is 9.67 Å². The molecular formula is C16H13N5S. The molecule has 0 radical (unpaired) electrons. The second-order valence-electron chi connectivity index (χ2n) is 4.93. The van der Waals surface area contributed by atoms with Gasteiger partial charge in [0.1, 0.15) is 5.82 Å². The predicted octanol–water partition coefficient (Wildman–Crippen LogP) is 3.84. The van der Waals surface area contributed by atoms with Crippen LogP contribution in [0.5, 0.6) is 0 Å². The zero-order valence-electron chi connectivity index (χ0n) is 11.9. The summed E-state index contributed by atoms with van der Waals surface area (Å²) in [6, 6.07) is 9.99. The van der Waals surface area contributed by atoms with Crippen LogP contribution in [0.15, 0.2) is 54.3 Å². The highest BCUT2D eigenvalue weighted by atomic mass is 32.1. The summed E-state index contributed by atoms with van der Waals surface area (Å²) in [6.07, 6.45) is 5.50. The fourth-order valence-corrected chi connectivity index (χ4v) is 3.24. The molecule has 0 fully saturated rings. The minimum atomic E-state index is 0.787. The lowest BCUT2D eigenvalue weighted by atomic mass is 10.1. The van der Waals surface area contributed by atoms with Crippen LogP contribution in [0, 0.1) is 0 Å². The Morgan fingerprint density at radius 1 is 1.05 bits per heavy atom. The summed E-state index contributed by atoms with van der Waals surface area (Å²) in [6.45, 7) is 0. The Morgan fingerprint density at radius 3 is 2.68 bits per heavy atom. The van der Waals surface area contributed by atoms with Gasteiger partial charge in [-0.25, -0.2) is 4.98 Å². The molecule has 0 aliphatic carbocycles. The molecule has 0 saturated heterocycles. The average molecular weight is 307 g/mol. The molecule has 0 aliphatic rings. The van der Waals surface area contributed by atoms with E-state index in [2.05, 4.69) is 26.8 Å². The molecule has 1 N–H and O–H groups in total. The maximum atomic E-state index is 4.75. The lowest BCUT2D eigenvalue weighted by molar-refractivity contribution is 0.771. The second kappa shape index (κ2) is 5.23. The molecule has 0 unspecified atom stereocenters. The van der Waals surface area contributed by atoms with Crippen molar-refractivity contribution in [1.82, 2.24) is 19.7 Å². The number of nitrogens with one attached hydrogen (secondary N) is 1. The van der Waals surface area contributed by atoms with E-state index in [1.54, 1.807) is 28.4 Å². The minimum absolute atomic E-state index is 0.787. The van der Waals surface area contributed by atoms with E-state index in [-0.39, 0.29) is 0 Å². The number of fused-ring (bicyclic) bond motifs is 1. The van der Waals surface area contributed by atoms with Crippen molar-refractivity contribution in [2.24, 2.45) is 7.05 Å².